The van der Waals surface area contributed by atoms with Crippen molar-refractivity contribution in [1.82, 2.24) is 15.4 Å². The van der Waals surface area contributed by atoms with Crippen LogP contribution in [0.3, 0.4) is 0 Å². The topological polar surface area (TPSA) is 96.5 Å². The molecule has 0 fully saturated rings. The van der Waals surface area contributed by atoms with E-state index < -0.39 is 15.6 Å². The fraction of sp³-hybridized carbons (Fsp3) is 0.562. The molecule has 0 bridgehead atoms. The van der Waals surface area contributed by atoms with Crippen molar-refractivity contribution >= 4 is 15.9 Å². The standard InChI is InChI=1S/C16H27N3O4S/c1-16(2,3)19-24(21,22)14-8-6-5-7-13(14)11-18-15(20)12-17-9-10-23-4/h5-8,17,19H,9-12H2,1-4H3,(H,18,20). The first-order chi connectivity index (χ1) is 11.2. The highest BCUT2D eigenvalue weighted by atomic mass is 32.2. The van der Waals surface area contributed by atoms with Crippen LogP contribution in [0.4, 0.5) is 0 Å². The highest BCUT2D eigenvalue weighted by Gasteiger charge is 2.24. The fourth-order valence-electron chi connectivity index (χ4n) is 2.00. The molecule has 0 aliphatic heterocycles. The lowest BCUT2D eigenvalue weighted by Crippen LogP contribution is -2.41. The van der Waals surface area contributed by atoms with Gasteiger partial charge in [-0.2, -0.15) is 0 Å². The molecule has 0 saturated heterocycles. The third-order valence-electron chi connectivity index (χ3n) is 2.95. The number of hydrogen-bond donors (Lipinski definition) is 3. The summed E-state index contributed by atoms with van der Waals surface area (Å²) < 4.78 is 32.5. The van der Waals surface area contributed by atoms with Crippen molar-refractivity contribution in [2.45, 2.75) is 37.8 Å². The van der Waals surface area contributed by atoms with Gasteiger partial charge in [0, 0.05) is 25.7 Å². The van der Waals surface area contributed by atoms with Gasteiger partial charge >= 0.3 is 0 Å². The second-order valence-corrected chi connectivity index (χ2v) is 8.06. The van der Waals surface area contributed by atoms with Gasteiger partial charge in [-0.15, -0.1) is 0 Å². The molecule has 0 aliphatic carbocycles. The van der Waals surface area contributed by atoms with Crippen LogP contribution in [0.1, 0.15) is 26.3 Å². The zero-order valence-electron chi connectivity index (χ0n) is 14.7. The van der Waals surface area contributed by atoms with Gasteiger partial charge in [-0.05, 0) is 32.4 Å². The predicted octanol–water partition coefficient (Wildman–Crippen LogP) is 0.616. The minimum atomic E-state index is -3.65. The number of amides is 1. The van der Waals surface area contributed by atoms with Crippen molar-refractivity contribution < 1.29 is 17.9 Å². The van der Waals surface area contributed by atoms with Crippen LogP contribution in [-0.4, -0.2) is 46.7 Å². The molecule has 0 saturated carbocycles. The number of nitrogens with one attached hydrogen (secondary N) is 3. The Bertz CT molecular complexity index is 639. The van der Waals surface area contributed by atoms with Crippen molar-refractivity contribution in [2.24, 2.45) is 0 Å². The van der Waals surface area contributed by atoms with Crippen LogP contribution < -0.4 is 15.4 Å². The molecule has 0 aromatic heterocycles. The van der Waals surface area contributed by atoms with Gasteiger partial charge in [0.25, 0.3) is 0 Å². The lowest BCUT2D eigenvalue weighted by atomic mass is 10.1. The summed E-state index contributed by atoms with van der Waals surface area (Å²) in [6.07, 6.45) is 0. The molecule has 0 spiro atoms. The normalized spacial score (nSPS) is 12.2. The molecule has 0 radical (unpaired) electrons. The van der Waals surface area contributed by atoms with Gasteiger partial charge in [0.15, 0.2) is 0 Å². The number of hydrogen-bond acceptors (Lipinski definition) is 5. The van der Waals surface area contributed by atoms with Gasteiger partial charge in [-0.3, -0.25) is 4.79 Å². The quantitative estimate of drug-likeness (QED) is 0.563. The highest BCUT2D eigenvalue weighted by molar-refractivity contribution is 7.89. The number of sulfonamides is 1. The first kappa shape index (κ1) is 20.6. The summed E-state index contributed by atoms with van der Waals surface area (Å²) in [4.78, 5) is 12.0. The number of ether oxygens (including phenoxy) is 1. The molecule has 24 heavy (non-hydrogen) atoms. The Morgan fingerprint density at radius 2 is 1.88 bits per heavy atom. The van der Waals surface area contributed by atoms with Gasteiger partial charge in [-0.1, -0.05) is 18.2 Å². The number of rotatable bonds is 9. The molecule has 136 valence electrons. The Labute approximate surface area is 144 Å². The van der Waals surface area contributed by atoms with E-state index in [1.165, 1.54) is 6.07 Å². The van der Waals surface area contributed by atoms with E-state index in [1.54, 1.807) is 46.1 Å². The van der Waals surface area contributed by atoms with E-state index >= 15 is 0 Å². The molecule has 1 aromatic rings. The van der Waals surface area contributed by atoms with Crippen LogP contribution in [0.25, 0.3) is 0 Å². The van der Waals surface area contributed by atoms with E-state index in [1.807, 2.05) is 0 Å². The Hall–Kier alpha value is -1.48. The molecule has 3 N–H and O–H groups in total. The lowest BCUT2D eigenvalue weighted by molar-refractivity contribution is -0.120. The SMILES string of the molecule is COCCNCC(=O)NCc1ccccc1S(=O)(=O)NC(C)(C)C. The van der Waals surface area contributed by atoms with Crippen molar-refractivity contribution in [2.75, 3.05) is 26.8 Å². The highest BCUT2D eigenvalue weighted by Crippen LogP contribution is 2.17. The van der Waals surface area contributed by atoms with Crippen LogP contribution in [-0.2, 0) is 26.1 Å². The molecule has 1 amide bonds. The van der Waals surface area contributed by atoms with Crippen LogP contribution in [0, 0.1) is 0 Å². The summed E-state index contributed by atoms with van der Waals surface area (Å²) in [6.45, 7) is 6.73. The van der Waals surface area contributed by atoms with E-state index in [0.717, 1.165) is 0 Å². The second kappa shape index (κ2) is 9.12. The van der Waals surface area contributed by atoms with Crippen molar-refractivity contribution in [3.8, 4) is 0 Å². The van der Waals surface area contributed by atoms with E-state index in [-0.39, 0.29) is 23.9 Å². The van der Waals surface area contributed by atoms with Gasteiger partial charge in [-0.25, -0.2) is 13.1 Å². The molecule has 1 rings (SSSR count). The van der Waals surface area contributed by atoms with Crippen LogP contribution >= 0.6 is 0 Å². The summed E-state index contributed by atoms with van der Waals surface area (Å²) >= 11 is 0. The number of benzene rings is 1. The maximum Gasteiger partial charge on any atom is 0.241 e. The number of carbonyl (C=O) groups is 1. The minimum Gasteiger partial charge on any atom is -0.383 e. The molecule has 0 unspecified atom stereocenters. The average Bonchev–Trinajstić information content (AvgIpc) is 2.47. The number of methoxy groups -OCH3 is 1. The van der Waals surface area contributed by atoms with Crippen LogP contribution in [0.2, 0.25) is 0 Å². The molecule has 8 heteroatoms. The van der Waals surface area contributed by atoms with Crippen molar-refractivity contribution in [3.63, 3.8) is 0 Å². The third-order valence-corrected chi connectivity index (χ3v) is 4.81. The van der Waals surface area contributed by atoms with Gasteiger partial charge in [0.2, 0.25) is 15.9 Å². The Morgan fingerprint density at radius 3 is 2.50 bits per heavy atom. The summed E-state index contributed by atoms with van der Waals surface area (Å²) in [7, 11) is -2.07. The average molecular weight is 357 g/mol. The fourth-order valence-corrected chi connectivity index (χ4v) is 3.66. The Kier molecular flexibility index (Phi) is 7.82. The first-order valence-electron chi connectivity index (χ1n) is 7.74. The van der Waals surface area contributed by atoms with Crippen LogP contribution in [0.15, 0.2) is 29.2 Å². The Morgan fingerprint density at radius 1 is 1.21 bits per heavy atom. The molecular formula is C16H27N3O4S. The van der Waals surface area contributed by atoms with E-state index in [9.17, 15) is 13.2 Å². The van der Waals surface area contributed by atoms with Crippen LogP contribution in [0.5, 0.6) is 0 Å². The third kappa shape index (κ3) is 7.39. The smallest absolute Gasteiger partial charge is 0.241 e. The summed E-state index contributed by atoms with van der Waals surface area (Å²) in [6, 6.07) is 6.63. The first-order valence-corrected chi connectivity index (χ1v) is 9.22. The minimum absolute atomic E-state index is 0.145. The molecule has 0 atom stereocenters. The maximum absolute atomic E-state index is 12.5. The summed E-state index contributed by atoms with van der Waals surface area (Å²) in [5.74, 6) is -0.206. The number of carbonyl (C=O) groups excluding carboxylic acids is 1. The van der Waals surface area contributed by atoms with E-state index in [4.69, 9.17) is 4.74 Å². The van der Waals surface area contributed by atoms with Gasteiger partial charge in [0.05, 0.1) is 18.0 Å². The molecule has 0 heterocycles. The second-order valence-electron chi connectivity index (χ2n) is 6.41. The molecular weight excluding hydrogens is 330 g/mol. The Balaban J connectivity index is 2.72. The van der Waals surface area contributed by atoms with Gasteiger partial charge in [0.1, 0.15) is 0 Å². The maximum atomic E-state index is 12.5. The van der Waals surface area contributed by atoms with Crippen molar-refractivity contribution in [1.29, 1.82) is 0 Å². The zero-order valence-corrected chi connectivity index (χ0v) is 15.5. The monoisotopic (exact) mass is 357 g/mol. The largest absolute Gasteiger partial charge is 0.383 e. The van der Waals surface area contributed by atoms with E-state index in [2.05, 4.69) is 15.4 Å². The predicted molar refractivity (Wildman–Crippen MR) is 93.1 cm³/mol. The zero-order chi connectivity index (χ0) is 18.2. The van der Waals surface area contributed by atoms with Gasteiger partial charge < -0.3 is 15.4 Å². The molecule has 1 aromatic carbocycles. The van der Waals surface area contributed by atoms with E-state index in [0.29, 0.717) is 18.7 Å². The van der Waals surface area contributed by atoms with Crippen molar-refractivity contribution in [3.05, 3.63) is 29.8 Å². The summed E-state index contributed by atoms with van der Waals surface area (Å²) in [5, 5.41) is 5.65. The molecule has 0 aliphatic rings. The molecule has 7 nitrogen and oxygen atoms in total. The lowest BCUT2D eigenvalue weighted by Gasteiger charge is -2.21. The summed E-state index contributed by atoms with van der Waals surface area (Å²) in [5.41, 5.74) is -0.0417.